The molecule has 1 aromatic carbocycles. The Labute approximate surface area is 139 Å². The average molecular weight is 356 g/mol. The van der Waals surface area contributed by atoms with Gasteiger partial charge >= 0.3 is 0 Å². The maximum atomic E-state index is 13.6. The number of benzene rings is 1. The molecule has 0 saturated carbocycles. The first-order valence-corrected chi connectivity index (χ1v) is 7.08. The highest BCUT2D eigenvalue weighted by Crippen LogP contribution is 2.14. The zero-order chi connectivity index (χ0) is 18.4. The number of aromatic nitrogens is 2. The fourth-order valence-corrected chi connectivity index (χ4v) is 1.93. The molecule has 0 unspecified atom stereocenters. The highest BCUT2D eigenvalue weighted by molar-refractivity contribution is 6.03. The maximum Gasteiger partial charge on any atom is 0.244 e. The van der Waals surface area contributed by atoms with E-state index in [-0.39, 0.29) is 29.3 Å². The molecule has 0 aliphatic heterocycles. The smallest absolute Gasteiger partial charge is 0.244 e. The molecule has 0 aliphatic rings. The van der Waals surface area contributed by atoms with Crippen LogP contribution in [0.2, 0.25) is 0 Å². The summed E-state index contributed by atoms with van der Waals surface area (Å²) in [4.78, 5) is 7.15. The summed E-state index contributed by atoms with van der Waals surface area (Å²) in [6.45, 7) is -0.250. The van der Waals surface area contributed by atoms with Crippen molar-refractivity contribution < 1.29 is 22.0 Å². The lowest BCUT2D eigenvalue weighted by Crippen LogP contribution is -2.18. The van der Waals surface area contributed by atoms with E-state index in [1.807, 2.05) is 0 Å². The van der Waals surface area contributed by atoms with Crippen molar-refractivity contribution in [3.63, 3.8) is 0 Å². The minimum absolute atomic E-state index is 0.0512. The van der Waals surface area contributed by atoms with E-state index >= 15 is 0 Å². The fraction of sp³-hybridized carbons (Fsp3) is 0.188. The van der Waals surface area contributed by atoms with Gasteiger partial charge in [0.1, 0.15) is 5.71 Å². The first-order valence-electron chi connectivity index (χ1n) is 7.08. The van der Waals surface area contributed by atoms with Crippen LogP contribution in [0.1, 0.15) is 17.8 Å². The van der Waals surface area contributed by atoms with Crippen molar-refractivity contribution in [1.29, 1.82) is 5.41 Å². The second-order valence-corrected chi connectivity index (χ2v) is 4.97. The Morgan fingerprint density at radius 1 is 1.16 bits per heavy atom. The van der Waals surface area contributed by atoms with E-state index in [9.17, 15) is 22.0 Å². The van der Waals surface area contributed by atoms with E-state index in [1.165, 1.54) is 12.1 Å². The van der Waals surface area contributed by atoms with E-state index in [0.717, 1.165) is 24.5 Å². The first-order chi connectivity index (χ1) is 11.9. The number of halogens is 5. The number of nitrogens with zero attached hydrogens (tertiary/aromatic N) is 2. The molecule has 1 heterocycles. The van der Waals surface area contributed by atoms with Crippen molar-refractivity contribution >= 4 is 5.71 Å². The summed E-state index contributed by atoms with van der Waals surface area (Å²) in [7, 11) is 0. The second-order valence-electron chi connectivity index (χ2n) is 4.97. The van der Waals surface area contributed by atoms with E-state index < -0.39 is 30.3 Å². The van der Waals surface area contributed by atoms with Crippen LogP contribution in [0.3, 0.4) is 0 Å². The van der Waals surface area contributed by atoms with Gasteiger partial charge in [-0.25, -0.2) is 31.9 Å². The molecule has 0 radical (unpaired) electrons. The molecule has 0 spiro atoms. The van der Waals surface area contributed by atoms with E-state index in [1.54, 1.807) is 0 Å². The first kappa shape index (κ1) is 18.5. The van der Waals surface area contributed by atoms with Gasteiger partial charge < -0.3 is 5.32 Å². The van der Waals surface area contributed by atoms with Crippen molar-refractivity contribution in [2.45, 2.75) is 19.4 Å². The summed E-state index contributed by atoms with van der Waals surface area (Å²) in [5.74, 6) is -2.99. The van der Waals surface area contributed by atoms with E-state index in [2.05, 4.69) is 15.3 Å². The summed E-state index contributed by atoms with van der Waals surface area (Å²) in [6, 6.07) is 3.54. The Hall–Kier alpha value is -2.84. The molecule has 0 amide bonds. The monoisotopic (exact) mass is 356 g/mol. The molecule has 0 fully saturated rings. The molecule has 0 atom stereocenters. The Bertz CT molecular complexity index is 775. The van der Waals surface area contributed by atoms with Crippen LogP contribution >= 0.6 is 0 Å². The van der Waals surface area contributed by atoms with Gasteiger partial charge in [-0.15, -0.1) is 0 Å². The minimum Gasteiger partial charge on any atom is -0.384 e. The van der Waals surface area contributed by atoms with Crippen LogP contribution in [0, 0.1) is 22.9 Å². The Morgan fingerprint density at radius 3 is 2.48 bits per heavy atom. The van der Waals surface area contributed by atoms with Gasteiger partial charge in [-0.2, -0.15) is 0 Å². The summed E-state index contributed by atoms with van der Waals surface area (Å²) in [6.07, 6.45) is -0.741. The van der Waals surface area contributed by atoms with Crippen molar-refractivity contribution in [3.05, 3.63) is 71.2 Å². The lowest BCUT2D eigenvalue weighted by Gasteiger charge is -2.12. The lowest BCUT2D eigenvalue weighted by molar-refractivity contribution is 0.146. The van der Waals surface area contributed by atoms with Gasteiger partial charge in [-0.3, -0.25) is 5.41 Å². The molecule has 0 bridgehead atoms. The number of hydrogen-bond donors (Lipinski definition) is 2. The van der Waals surface area contributed by atoms with E-state index in [4.69, 9.17) is 5.41 Å². The third kappa shape index (κ3) is 5.33. The topological polar surface area (TPSA) is 61.7 Å². The number of rotatable bonds is 7. The van der Waals surface area contributed by atoms with Crippen LogP contribution in [0.15, 0.2) is 42.4 Å². The summed E-state index contributed by atoms with van der Waals surface area (Å²) < 4.78 is 64.9. The lowest BCUT2D eigenvalue weighted by atomic mass is 10.1. The van der Waals surface area contributed by atoms with Gasteiger partial charge in [0.25, 0.3) is 0 Å². The minimum atomic E-state index is -2.72. The third-order valence-electron chi connectivity index (χ3n) is 3.09. The molecule has 2 aromatic rings. The van der Waals surface area contributed by atoms with Gasteiger partial charge in [0.05, 0.1) is 12.4 Å². The Morgan fingerprint density at radius 2 is 1.84 bits per heavy atom. The standard InChI is InChI=1S/C16H13F5N4/c17-10-7-24-16(25-8-10)13(22)4-11(5-14(19)20)23-6-9-2-1-3-12(18)15(9)21/h1-4,7-8,14,22-23H,5-6H2/b11-4-,22-13?. The summed E-state index contributed by atoms with van der Waals surface area (Å²) in [5, 5.41) is 10.3. The largest absolute Gasteiger partial charge is 0.384 e. The predicted octanol–water partition coefficient (Wildman–Crippen LogP) is 3.59. The quantitative estimate of drug-likeness (QED) is 0.589. The number of nitrogens with one attached hydrogen (secondary N) is 2. The fourth-order valence-electron chi connectivity index (χ4n) is 1.93. The normalized spacial score (nSPS) is 11.7. The molecule has 0 aliphatic carbocycles. The van der Waals surface area contributed by atoms with Gasteiger partial charge in [0, 0.05) is 24.2 Å². The number of alkyl halides is 2. The predicted molar refractivity (Wildman–Crippen MR) is 80.7 cm³/mol. The van der Waals surface area contributed by atoms with E-state index in [0.29, 0.717) is 0 Å². The maximum absolute atomic E-state index is 13.6. The molecule has 4 nitrogen and oxygen atoms in total. The van der Waals surface area contributed by atoms with Gasteiger partial charge in [0.15, 0.2) is 23.3 Å². The highest BCUT2D eigenvalue weighted by Gasteiger charge is 2.12. The number of hydrogen-bond acceptors (Lipinski definition) is 4. The summed E-state index contributed by atoms with van der Waals surface area (Å²) >= 11 is 0. The molecule has 0 saturated heterocycles. The number of allylic oxidation sites excluding steroid dienone is 2. The molecule has 2 N–H and O–H groups in total. The van der Waals surface area contributed by atoms with Crippen LogP contribution in [-0.2, 0) is 6.54 Å². The second kappa shape index (κ2) is 8.32. The molecular formula is C16H13F5N4. The zero-order valence-electron chi connectivity index (χ0n) is 12.7. The van der Waals surface area contributed by atoms with Crippen molar-refractivity contribution in [2.75, 3.05) is 0 Å². The molecule has 2 rings (SSSR count). The van der Waals surface area contributed by atoms with Crippen LogP contribution in [0.5, 0.6) is 0 Å². The SMILES string of the molecule is N=C(/C=C(/CC(F)F)NCc1cccc(F)c1F)c1ncc(F)cn1. The van der Waals surface area contributed by atoms with Crippen LogP contribution in [0.25, 0.3) is 0 Å². The van der Waals surface area contributed by atoms with Crippen molar-refractivity contribution in [3.8, 4) is 0 Å². The molecule has 9 heteroatoms. The van der Waals surface area contributed by atoms with Gasteiger partial charge in [-0.1, -0.05) is 12.1 Å². The highest BCUT2D eigenvalue weighted by atomic mass is 19.3. The third-order valence-corrected chi connectivity index (χ3v) is 3.09. The average Bonchev–Trinajstić information content (AvgIpc) is 2.56. The Kier molecular flexibility index (Phi) is 6.15. The molecule has 1 aromatic heterocycles. The van der Waals surface area contributed by atoms with Crippen molar-refractivity contribution in [2.24, 2.45) is 0 Å². The molecular weight excluding hydrogens is 343 g/mol. The van der Waals surface area contributed by atoms with Gasteiger partial charge in [-0.05, 0) is 12.1 Å². The van der Waals surface area contributed by atoms with Crippen LogP contribution in [0.4, 0.5) is 22.0 Å². The van der Waals surface area contributed by atoms with Gasteiger partial charge in [0.2, 0.25) is 6.43 Å². The van der Waals surface area contributed by atoms with Crippen molar-refractivity contribution in [1.82, 2.24) is 15.3 Å². The summed E-state index contributed by atoms with van der Waals surface area (Å²) in [5.41, 5.74) is -0.468. The molecule has 25 heavy (non-hydrogen) atoms. The van der Waals surface area contributed by atoms with Crippen LogP contribution < -0.4 is 5.32 Å². The van der Waals surface area contributed by atoms with Crippen LogP contribution in [-0.4, -0.2) is 22.1 Å². The zero-order valence-corrected chi connectivity index (χ0v) is 12.7. The Balaban J connectivity index is 2.16. The molecule has 132 valence electrons.